The van der Waals surface area contributed by atoms with E-state index in [4.69, 9.17) is 4.74 Å². The summed E-state index contributed by atoms with van der Waals surface area (Å²) in [6, 6.07) is 15.2. The Balaban J connectivity index is 1.37. The number of rotatable bonds is 6. The van der Waals surface area contributed by atoms with Gasteiger partial charge in [-0.2, -0.15) is 0 Å². The molecule has 0 aliphatic carbocycles. The van der Waals surface area contributed by atoms with Crippen LogP contribution >= 0.6 is 11.3 Å². The lowest BCUT2D eigenvalue weighted by atomic mass is 10.1. The Bertz CT molecular complexity index is 1060. The number of thiazole rings is 1. The molecule has 0 atom stereocenters. The second-order valence-electron chi connectivity index (χ2n) is 6.07. The van der Waals surface area contributed by atoms with E-state index in [0.29, 0.717) is 5.56 Å². The third kappa shape index (κ3) is 3.96. The maximum atomic E-state index is 12.3. The van der Waals surface area contributed by atoms with Crippen molar-refractivity contribution < 1.29 is 9.53 Å². The van der Waals surface area contributed by atoms with Gasteiger partial charge in [-0.1, -0.05) is 31.2 Å². The maximum absolute atomic E-state index is 12.3. The topological polar surface area (TPSA) is 82.8 Å². The van der Waals surface area contributed by atoms with Gasteiger partial charge in [-0.3, -0.25) is 0 Å². The molecule has 0 aliphatic heterocycles. The Kier molecular flexibility index (Phi) is 5.20. The van der Waals surface area contributed by atoms with E-state index in [0.717, 1.165) is 28.4 Å². The molecule has 28 heavy (non-hydrogen) atoms. The van der Waals surface area contributed by atoms with E-state index < -0.39 is 5.97 Å². The number of aryl methyl sites for hydroxylation is 1. The first kappa shape index (κ1) is 18.0. The summed E-state index contributed by atoms with van der Waals surface area (Å²) in [4.78, 5) is 16.8. The molecule has 4 aromatic rings. The zero-order valence-electron chi connectivity index (χ0n) is 15.1. The van der Waals surface area contributed by atoms with Crippen molar-refractivity contribution in [2.45, 2.75) is 20.0 Å². The first-order chi connectivity index (χ1) is 13.7. The van der Waals surface area contributed by atoms with Gasteiger partial charge in [0.2, 0.25) is 0 Å². The number of hydrogen-bond donors (Lipinski definition) is 0. The fraction of sp³-hybridized carbons (Fsp3) is 0.150. The van der Waals surface area contributed by atoms with Crippen LogP contribution in [0.5, 0.6) is 0 Å². The molecule has 0 saturated carbocycles. The molecule has 0 fully saturated rings. The molecule has 7 nitrogen and oxygen atoms in total. The number of hydrogen-bond acceptors (Lipinski definition) is 7. The molecule has 2 aromatic carbocycles. The fourth-order valence-electron chi connectivity index (χ4n) is 2.64. The van der Waals surface area contributed by atoms with Crippen LogP contribution in [-0.2, 0) is 17.8 Å². The molecule has 0 aliphatic rings. The summed E-state index contributed by atoms with van der Waals surface area (Å²) in [5.74, 6) is -0.398. The van der Waals surface area contributed by atoms with Gasteiger partial charge < -0.3 is 4.74 Å². The number of carbonyl (C=O) groups is 1. The number of nitrogens with zero attached hydrogens (tertiary/aromatic N) is 5. The number of aromatic nitrogens is 5. The van der Waals surface area contributed by atoms with Gasteiger partial charge in [-0.15, -0.1) is 16.4 Å². The molecule has 0 amide bonds. The van der Waals surface area contributed by atoms with Crippen molar-refractivity contribution in [2.75, 3.05) is 0 Å². The van der Waals surface area contributed by atoms with Crippen LogP contribution in [0.2, 0.25) is 0 Å². The van der Waals surface area contributed by atoms with E-state index in [9.17, 15) is 4.79 Å². The highest BCUT2D eigenvalue weighted by Crippen LogP contribution is 2.24. The van der Waals surface area contributed by atoms with Gasteiger partial charge in [0.15, 0.2) is 0 Å². The SMILES string of the molecule is CCc1ccc(-c2nc(COC(=O)c3ccc(-n4cnnn4)cc3)cs2)cc1. The lowest BCUT2D eigenvalue weighted by Gasteiger charge is -2.04. The van der Waals surface area contributed by atoms with Gasteiger partial charge >= 0.3 is 5.97 Å². The molecule has 0 radical (unpaired) electrons. The van der Waals surface area contributed by atoms with E-state index in [1.54, 1.807) is 35.6 Å². The summed E-state index contributed by atoms with van der Waals surface area (Å²) in [6.07, 6.45) is 2.50. The summed E-state index contributed by atoms with van der Waals surface area (Å²) >= 11 is 1.54. The van der Waals surface area contributed by atoms with E-state index >= 15 is 0 Å². The minimum atomic E-state index is -0.398. The Hall–Kier alpha value is -3.39. The van der Waals surface area contributed by atoms with Crippen molar-refractivity contribution >= 4 is 17.3 Å². The summed E-state index contributed by atoms with van der Waals surface area (Å²) in [6.45, 7) is 2.27. The van der Waals surface area contributed by atoms with Crippen LogP contribution in [0.3, 0.4) is 0 Å². The van der Waals surface area contributed by atoms with Crippen LogP contribution in [0, 0.1) is 0 Å². The molecule has 140 valence electrons. The Morgan fingerprint density at radius 3 is 2.57 bits per heavy atom. The molecule has 4 rings (SSSR count). The van der Waals surface area contributed by atoms with Crippen LogP contribution in [0.15, 0.2) is 60.2 Å². The lowest BCUT2D eigenvalue weighted by molar-refractivity contribution is 0.0468. The first-order valence-corrected chi connectivity index (χ1v) is 9.65. The Morgan fingerprint density at radius 2 is 1.89 bits per heavy atom. The highest BCUT2D eigenvalue weighted by atomic mass is 32.1. The molecule has 0 spiro atoms. The van der Waals surface area contributed by atoms with Crippen molar-refractivity contribution in [1.82, 2.24) is 25.2 Å². The number of ether oxygens (including phenoxy) is 1. The highest BCUT2D eigenvalue weighted by Gasteiger charge is 2.11. The lowest BCUT2D eigenvalue weighted by Crippen LogP contribution is -2.06. The molecule has 0 bridgehead atoms. The second-order valence-corrected chi connectivity index (χ2v) is 6.93. The highest BCUT2D eigenvalue weighted by molar-refractivity contribution is 7.13. The monoisotopic (exact) mass is 391 g/mol. The van der Waals surface area contributed by atoms with Crippen molar-refractivity contribution in [1.29, 1.82) is 0 Å². The number of carbonyl (C=O) groups excluding carboxylic acids is 1. The first-order valence-electron chi connectivity index (χ1n) is 8.77. The summed E-state index contributed by atoms with van der Waals surface area (Å²) in [7, 11) is 0. The van der Waals surface area contributed by atoms with E-state index in [1.807, 2.05) is 5.38 Å². The van der Waals surface area contributed by atoms with Gasteiger partial charge in [0.25, 0.3) is 0 Å². The van der Waals surface area contributed by atoms with Crippen molar-refractivity contribution in [3.05, 3.63) is 77.1 Å². The number of benzene rings is 2. The molecule has 0 saturated heterocycles. The van der Waals surface area contributed by atoms with Crippen molar-refractivity contribution in [3.63, 3.8) is 0 Å². The third-order valence-corrected chi connectivity index (χ3v) is 5.17. The smallest absolute Gasteiger partial charge is 0.338 e. The van der Waals surface area contributed by atoms with Crippen LogP contribution in [-0.4, -0.2) is 31.2 Å². The number of esters is 1. The molecule has 2 aromatic heterocycles. The predicted molar refractivity (Wildman–Crippen MR) is 105 cm³/mol. The van der Waals surface area contributed by atoms with Gasteiger partial charge in [-0.05, 0) is 46.7 Å². The maximum Gasteiger partial charge on any atom is 0.338 e. The van der Waals surface area contributed by atoms with E-state index in [-0.39, 0.29) is 6.61 Å². The molecule has 0 unspecified atom stereocenters. The summed E-state index contributed by atoms with van der Waals surface area (Å²) in [5, 5.41) is 13.8. The normalized spacial score (nSPS) is 10.8. The molecular formula is C20H17N5O2S. The molecule has 0 N–H and O–H groups in total. The zero-order valence-corrected chi connectivity index (χ0v) is 16.0. The van der Waals surface area contributed by atoms with Crippen molar-refractivity contribution in [3.8, 4) is 16.3 Å². The van der Waals surface area contributed by atoms with E-state index in [1.165, 1.54) is 16.6 Å². The van der Waals surface area contributed by atoms with Gasteiger partial charge in [-0.25, -0.2) is 14.5 Å². The van der Waals surface area contributed by atoms with Gasteiger partial charge in [0.05, 0.1) is 16.9 Å². The number of tetrazole rings is 1. The van der Waals surface area contributed by atoms with Crippen LogP contribution in [0.1, 0.15) is 28.5 Å². The predicted octanol–water partition coefficient (Wildman–Crippen LogP) is 3.71. The minimum Gasteiger partial charge on any atom is -0.456 e. The van der Waals surface area contributed by atoms with Crippen LogP contribution < -0.4 is 0 Å². The summed E-state index contributed by atoms with van der Waals surface area (Å²) in [5.41, 5.74) is 4.32. The Labute approximate surface area is 165 Å². The fourth-order valence-corrected chi connectivity index (χ4v) is 3.45. The summed E-state index contributed by atoms with van der Waals surface area (Å²) < 4.78 is 6.90. The van der Waals surface area contributed by atoms with Crippen LogP contribution in [0.25, 0.3) is 16.3 Å². The van der Waals surface area contributed by atoms with Crippen LogP contribution in [0.4, 0.5) is 0 Å². The largest absolute Gasteiger partial charge is 0.456 e. The van der Waals surface area contributed by atoms with E-state index in [2.05, 4.69) is 51.7 Å². The molecular weight excluding hydrogens is 374 g/mol. The molecule has 8 heteroatoms. The Morgan fingerprint density at radius 1 is 1.11 bits per heavy atom. The average molecular weight is 391 g/mol. The van der Waals surface area contributed by atoms with Gasteiger partial charge in [0, 0.05) is 10.9 Å². The minimum absolute atomic E-state index is 0.136. The van der Waals surface area contributed by atoms with Gasteiger partial charge in [0.1, 0.15) is 17.9 Å². The van der Waals surface area contributed by atoms with Crippen molar-refractivity contribution in [2.24, 2.45) is 0 Å². The zero-order chi connectivity index (χ0) is 19.3. The quantitative estimate of drug-likeness (QED) is 0.466. The third-order valence-electron chi connectivity index (χ3n) is 4.23. The molecule has 2 heterocycles. The second kappa shape index (κ2) is 8.10. The average Bonchev–Trinajstić information content (AvgIpc) is 3.44. The standard InChI is InChI=1S/C20H17N5O2S/c1-2-14-3-5-15(6-4-14)19-22-17(12-28-19)11-27-20(26)16-7-9-18(10-8-16)25-13-21-23-24-25/h3-10,12-13H,2,11H2,1H3.